The standard InChI is InChI=1S/C56H38N2/c1-2-57-53-23-12-11-22-46(53)52-34-48-45-27-24-40(31-47(45)43-20-9-10-21-44(43)49(48)35-56(52)57)37-16-13-17-38(30-37)41-26-29-55-51(33-41)50-32-39(36-14-5-3-6-15-36)25-28-54(50)58(55)42-18-7-4-8-19-42/h3-35H,2H2,1H3. The second-order valence-corrected chi connectivity index (χ2v) is 15.6. The summed E-state index contributed by atoms with van der Waals surface area (Å²) < 4.78 is 4.86. The van der Waals surface area contributed by atoms with Gasteiger partial charge in [0.15, 0.2) is 0 Å². The molecule has 0 radical (unpaired) electrons. The Morgan fingerprint density at radius 1 is 0.276 bits per heavy atom. The maximum absolute atomic E-state index is 2.46. The minimum Gasteiger partial charge on any atom is -0.341 e. The third kappa shape index (κ3) is 4.92. The molecule has 58 heavy (non-hydrogen) atoms. The van der Waals surface area contributed by atoms with Gasteiger partial charge in [-0.2, -0.15) is 0 Å². The highest BCUT2D eigenvalue weighted by Crippen LogP contribution is 2.42. The van der Waals surface area contributed by atoms with Crippen molar-refractivity contribution < 1.29 is 0 Å². The van der Waals surface area contributed by atoms with E-state index in [2.05, 4.69) is 216 Å². The molecule has 0 fully saturated rings. The number of nitrogens with zero attached hydrogens (tertiary/aromatic N) is 2. The van der Waals surface area contributed by atoms with Gasteiger partial charge >= 0.3 is 0 Å². The van der Waals surface area contributed by atoms with Gasteiger partial charge in [-0.1, -0.05) is 133 Å². The largest absolute Gasteiger partial charge is 0.341 e. The molecule has 2 nitrogen and oxygen atoms in total. The summed E-state index contributed by atoms with van der Waals surface area (Å²) in [5, 5.41) is 12.9. The lowest BCUT2D eigenvalue weighted by Gasteiger charge is -2.14. The normalized spacial score (nSPS) is 11.9. The van der Waals surface area contributed by atoms with Crippen molar-refractivity contribution in [2.75, 3.05) is 0 Å². The van der Waals surface area contributed by atoms with Crippen molar-refractivity contribution in [3.63, 3.8) is 0 Å². The predicted octanol–water partition coefficient (Wildman–Crippen LogP) is 15.4. The van der Waals surface area contributed by atoms with Crippen LogP contribution < -0.4 is 0 Å². The lowest BCUT2D eigenvalue weighted by Crippen LogP contribution is -1.93. The van der Waals surface area contributed by atoms with Crippen molar-refractivity contribution >= 4 is 75.9 Å². The zero-order chi connectivity index (χ0) is 38.3. The molecule has 0 unspecified atom stereocenters. The Balaban J connectivity index is 1.02. The number of aromatic nitrogens is 2. The molecule has 272 valence electrons. The molecule has 2 heteroatoms. The van der Waals surface area contributed by atoms with Crippen LogP contribution in [0.25, 0.3) is 115 Å². The summed E-state index contributed by atoms with van der Waals surface area (Å²) in [6.07, 6.45) is 0. The molecule has 12 rings (SSSR count). The monoisotopic (exact) mass is 738 g/mol. The molecular formula is C56H38N2. The summed E-state index contributed by atoms with van der Waals surface area (Å²) in [5.41, 5.74) is 13.5. The summed E-state index contributed by atoms with van der Waals surface area (Å²) in [6, 6.07) is 74.1. The Hall–Kier alpha value is -7.42. The first-order chi connectivity index (χ1) is 28.7. The van der Waals surface area contributed by atoms with Crippen LogP contribution in [0.4, 0.5) is 0 Å². The third-order valence-corrected chi connectivity index (χ3v) is 12.5. The van der Waals surface area contributed by atoms with E-state index in [-0.39, 0.29) is 0 Å². The molecule has 0 aliphatic heterocycles. The van der Waals surface area contributed by atoms with Gasteiger partial charge in [-0.15, -0.1) is 0 Å². The Morgan fingerprint density at radius 2 is 0.741 bits per heavy atom. The fourth-order valence-electron chi connectivity index (χ4n) is 9.76. The molecule has 0 amide bonds. The molecule has 0 saturated heterocycles. The number of hydrogen-bond acceptors (Lipinski definition) is 0. The van der Waals surface area contributed by atoms with Crippen LogP contribution in [-0.2, 0) is 6.54 Å². The average Bonchev–Trinajstić information content (AvgIpc) is 3.80. The van der Waals surface area contributed by atoms with Gasteiger partial charge in [-0.05, 0) is 139 Å². The van der Waals surface area contributed by atoms with Crippen LogP contribution in [0.15, 0.2) is 200 Å². The van der Waals surface area contributed by atoms with E-state index in [1.165, 1.54) is 115 Å². The second-order valence-electron chi connectivity index (χ2n) is 15.6. The van der Waals surface area contributed by atoms with E-state index < -0.39 is 0 Å². The molecular weight excluding hydrogens is 701 g/mol. The van der Waals surface area contributed by atoms with E-state index >= 15 is 0 Å². The first-order valence-electron chi connectivity index (χ1n) is 20.3. The zero-order valence-electron chi connectivity index (χ0n) is 32.2. The minimum atomic E-state index is 0.934. The van der Waals surface area contributed by atoms with Crippen LogP contribution in [0.1, 0.15) is 6.92 Å². The average molecular weight is 739 g/mol. The summed E-state index contributed by atoms with van der Waals surface area (Å²) >= 11 is 0. The molecule has 0 aliphatic carbocycles. The maximum Gasteiger partial charge on any atom is 0.0541 e. The Kier molecular flexibility index (Phi) is 7.24. The van der Waals surface area contributed by atoms with Crippen molar-refractivity contribution in [2.45, 2.75) is 13.5 Å². The van der Waals surface area contributed by atoms with Gasteiger partial charge in [-0.3, -0.25) is 0 Å². The second kappa shape index (κ2) is 12.8. The van der Waals surface area contributed by atoms with Gasteiger partial charge in [-0.25, -0.2) is 0 Å². The SMILES string of the molecule is CCn1c2ccccc2c2cc3c4ccc(-c5cccc(-c6ccc7c(c6)c6cc(-c8ccccc8)ccc6n7-c6ccccc6)c5)cc4c4ccccc4c3cc21. The van der Waals surface area contributed by atoms with E-state index in [0.717, 1.165) is 6.54 Å². The lowest BCUT2D eigenvalue weighted by atomic mass is 9.90. The van der Waals surface area contributed by atoms with Crippen molar-refractivity contribution in [3.05, 3.63) is 200 Å². The van der Waals surface area contributed by atoms with Crippen LogP contribution in [0, 0.1) is 0 Å². The Morgan fingerprint density at radius 3 is 1.41 bits per heavy atom. The molecule has 0 aliphatic rings. The van der Waals surface area contributed by atoms with Gasteiger partial charge in [0.1, 0.15) is 0 Å². The number of para-hydroxylation sites is 2. The summed E-state index contributed by atoms with van der Waals surface area (Å²) in [4.78, 5) is 0. The molecule has 0 atom stereocenters. The molecule has 2 heterocycles. The summed E-state index contributed by atoms with van der Waals surface area (Å²) in [5.74, 6) is 0. The summed E-state index contributed by atoms with van der Waals surface area (Å²) in [7, 11) is 0. The molecule has 0 spiro atoms. The van der Waals surface area contributed by atoms with Gasteiger partial charge in [0, 0.05) is 44.8 Å². The highest BCUT2D eigenvalue weighted by atomic mass is 15.0. The van der Waals surface area contributed by atoms with Crippen LogP contribution in [-0.4, -0.2) is 9.13 Å². The number of benzene rings is 10. The van der Waals surface area contributed by atoms with Gasteiger partial charge in [0.25, 0.3) is 0 Å². The molecule has 12 aromatic rings. The number of fused-ring (bicyclic) bond motifs is 12. The number of rotatable bonds is 5. The number of hydrogen-bond donors (Lipinski definition) is 0. The molecule has 0 N–H and O–H groups in total. The highest BCUT2D eigenvalue weighted by molar-refractivity contribution is 6.29. The fourth-order valence-corrected chi connectivity index (χ4v) is 9.76. The molecule has 2 aromatic heterocycles. The Labute approximate surface area is 336 Å². The topological polar surface area (TPSA) is 9.86 Å². The molecule has 10 aromatic carbocycles. The van der Waals surface area contributed by atoms with Gasteiger partial charge in [0.05, 0.1) is 11.0 Å². The van der Waals surface area contributed by atoms with E-state index in [9.17, 15) is 0 Å². The van der Waals surface area contributed by atoms with E-state index in [0.29, 0.717) is 0 Å². The van der Waals surface area contributed by atoms with E-state index in [1.807, 2.05) is 0 Å². The van der Waals surface area contributed by atoms with Crippen molar-refractivity contribution in [2.24, 2.45) is 0 Å². The van der Waals surface area contributed by atoms with Crippen molar-refractivity contribution in [3.8, 4) is 39.1 Å². The quantitative estimate of drug-likeness (QED) is 0.156. The van der Waals surface area contributed by atoms with E-state index in [4.69, 9.17) is 0 Å². The smallest absolute Gasteiger partial charge is 0.0541 e. The zero-order valence-corrected chi connectivity index (χ0v) is 32.2. The van der Waals surface area contributed by atoms with Gasteiger partial charge < -0.3 is 9.13 Å². The first kappa shape index (κ1) is 32.8. The van der Waals surface area contributed by atoms with Gasteiger partial charge in [0.2, 0.25) is 0 Å². The fraction of sp³-hybridized carbons (Fsp3) is 0.0357. The van der Waals surface area contributed by atoms with Crippen LogP contribution in [0.3, 0.4) is 0 Å². The highest BCUT2D eigenvalue weighted by Gasteiger charge is 2.17. The minimum absolute atomic E-state index is 0.934. The third-order valence-electron chi connectivity index (χ3n) is 12.5. The first-order valence-corrected chi connectivity index (χ1v) is 20.3. The Bertz CT molecular complexity index is 3590. The molecule has 0 saturated carbocycles. The lowest BCUT2D eigenvalue weighted by molar-refractivity contribution is 0.827. The predicted molar refractivity (Wildman–Crippen MR) is 248 cm³/mol. The molecule has 0 bridgehead atoms. The maximum atomic E-state index is 2.46. The number of aryl methyl sites for hydroxylation is 1. The van der Waals surface area contributed by atoms with Crippen molar-refractivity contribution in [1.29, 1.82) is 0 Å². The van der Waals surface area contributed by atoms with Crippen molar-refractivity contribution in [1.82, 2.24) is 9.13 Å². The van der Waals surface area contributed by atoms with Crippen LogP contribution >= 0.6 is 0 Å². The summed E-state index contributed by atoms with van der Waals surface area (Å²) in [6.45, 7) is 3.18. The van der Waals surface area contributed by atoms with Crippen LogP contribution in [0.2, 0.25) is 0 Å². The van der Waals surface area contributed by atoms with E-state index in [1.54, 1.807) is 0 Å². The van der Waals surface area contributed by atoms with Crippen LogP contribution in [0.5, 0.6) is 0 Å².